The van der Waals surface area contributed by atoms with E-state index in [1.807, 2.05) is 26.0 Å². The molecule has 0 saturated carbocycles. The Morgan fingerprint density at radius 2 is 1.28 bits per heavy atom. The number of rotatable bonds is 21. The first kappa shape index (κ1) is 42.5. The molecule has 2 aromatic carbocycles. The number of anilines is 2. The fourth-order valence-corrected chi connectivity index (χ4v) is 4.79. The summed E-state index contributed by atoms with van der Waals surface area (Å²) in [5.74, 6) is -3.22. The van der Waals surface area contributed by atoms with Crippen LogP contribution in [-0.4, -0.2) is 102 Å². The maximum absolute atomic E-state index is 12.8. The van der Waals surface area contributed by atoms with Gasteiger partial charge in [0, 0.05) is 39.0 Å². The molecule has 0 unspecified atom stereocenters. The Morgan fingerprint density at radius 1 is 0.741 bits per heavy atom. The average molecular weight is 776 g/mol. The third-order valence-corrected chi connectivity index (χ3v) is 7.34. The van der Waals surface area contributed by atoms with E-state index in [4.69, 9.17) is 50.8 Å². The second-order valence-electron chi connectivity index (χ2n) is 11.2. The van der Waals surface area contributed by atoms with Crippen molar-refractivity contribution in [2.75, 3.05) is 76.7 Å². The third-order valence-electron chi connectivity index (χ3n) is 7.12. The van der Waals surface area contributed by atoms with Crippen molar-refractivity contribution in [1.29, 1.82) is 0 Å². The molecule has 18 nitrogen and oxygen atoms in total. The number of esters is 5. The fraction of sp³-hybridized carbons (Fsp3) is 0.400. The van der Waals surface area contributed by atoms with E-state index in [1.54, 1.807) is 11.0 Å². The number of carbonyl (C=O) groups is 5. The number of methoxy groups -OCH3 is 1. The lowest BCUT2D eigenvalue weighted by atomic mass is 10.1. The van der Waals surface area contributed by atoms with E-state index in [0.29, 0.717) is 23.4 Å². The molecule has 2 N–H and O–H groups in total. The van der Waals surface area contributed by atoms with Crippen molar-refractivity contribution in [1.82, 2.24) is 0 Å². The molecule has 1 heterocycles. The summed E-state index contributed by atoms with van der Waals surface area (Å²) < 4.78 is 46.9. The summed E-state index contributed by atoms with van der Waals surface area (Å²) in [7, 11) is 1.41. The van der Waals surface area contributed by atoms with Gasteiger partial charge in [0.25, 0.3) is 0 Å². The monoisotopic (exact) mass is 775 g/mol. The van der Waals surface area contributed by atoms with E-state index in [2.05, 4.69) is 9.47 Å². The van der Waals surface area contributed by atoms with Crippen molar-refractivity contribution >= 4 is 69.4 Å². The lowest BCUT2D eigenvalue weighted by Crippen LogP contribution is -2.37. The number of nitrogens with zero attached hydrogens (tertiary/aromatic N) is 2. The van der Waals surface area contributed by atoms with Crippen LogP contribution in [0.25, 0.3) is 11.0 Å². The number of hydrogen-bond donors (Lipinski definition) is 1. The summed E-state index contributed by atoms with van der Waals surface area (Å²) in [5, 5.41) is 0.326. The largest absolute Gasteiger partial charge is 0.488 e. The Kier molecular flexibility index (Phi) is 16.5. The topological polar surface area (TPSA) is 222 Å². The minimum atomic E-state index is -0.928. The zero-order valence-electron chi connectivity index (χ0n) is 30.3. The average Bonchev–Trinajstić information content (AvgIpc) is 3.10. The van der Waals surface area contributed by atoms with E-state index in [-0.39, 0.29) is 54.1 Å². The Bertz CT molecular complexity index is 1860. The van der Waals surface area contributed by atoms with E-state index >= 15 is 0 Å². The maximum Gasteiger partial charge on any atom is 0.346 e. The number of ether oxygens (including phenoxy) is 8. The lowest BCUT2D eigenvalue weighted by molar-refractivity contribution is -0.165. The van der Waals surface area contributed by atoms with Gasteiger partial charge in [-0.1, -0.05) is 18.3 Å². The number of thiocarbonyl (C=S) groups is 1. The SMILES string of the molecule is CCN(CC(=O)OCOC)c1ccc(C)cc1OCCOc1cc2cc(C(N)=S)c(=O)oc2cc1N(CC(=O)OCOC(C)=O)CC(=O)OCOC(C)=O. The Morgan fingerprint density at radius 3 is 1.80 bits per heavy atom. The first-order chi connectivity index (χ1) is 25.7. The van der Waals surface area contributed by atoms with Gasteiger partial charge in [-0.2, -0.15) is 0 Å². The number of likely N-dealkylation sites (N-methyl/N-ethyl adjacent to an activating group) is 1. The Hall–Kier alpha value is -5.95. The molecule has 0 aliphatic carbocycles. The second-order valence-corrected chi connectivity index (χ2v) is 11.6. The number of carbonyl (C=O) groups excluding carboxylic acids is 5. The predicted octanol–water partition coefficient (Wildman–Crippen LogP) is 2.10. The summed E-state index contributed by atoms with van der Waals surface area (Å²) in [5.41, 5.74) is 6.39. The van der Waals surface area contributed by atoms with Crippen molar-refractivity contribution in [3.8, 4) is 11.5 Å². The summed E-state index contributed by atoms with van der Waals surface area (Å²) in [6.45, 7) is 3.42. The van der Waals surface area contributed by atoms with Crippen molar-refractivity contribution in [2.45, 2.75) is 27.7 Å². The van der Waals surface area contributed by atoms with Crippen LogP contribution in [0.3, 0.4) is 0 Å². The molecule has 19 heteroatoms. The molecule has 3 rings (SSSR count). The van der Waals surface area contributed by atoms with Gasteiger partial charge in [-0.05, 0) is 43.7 Å². The molecule has 1 aromatic heterocycles. The van der Waals surface area contributed by atoms with Gasteiger partial charge in [0.2, 0.25) is 13.6 Å². The normalized spacial score (nSPS) is 10.5. The molecule has 0 saturated heterocycles. The lowest BCUT2D eigenvalue weighted by Gasteiger charge is -2.26. The van der Waals surface area contributed by atoms with E-state index in [9.17, 15) is 28.8 Å². The minimum absolute atomic E-state index is 0.0123. The first-order valence-corrected chi connectivity index (χ1v) is 16.6. The van der Waals surface area contributed by atoms with Gasteiger partial charge in [-0.25, -0.2) is 4.79 Å². The molecule has 0 aliphatic heterocycles. The molecule has 0 radical (unpaired) electrons. The Labute approximate surface area is 314 Å². The van der Waals surface area contributed by atoms with E-state index < -0.39 is 62.1 Å². The van der Waals surface area contributed by atoms with Gasteiger partial charge in [0.1, 0.15) is 54.9 Å². The van der Waals surface area contributed by atoms with Crippen molar-refractivity contribution in [3.63, 3.8) is 0 Å². The fourth-order valence-electron chi connectivity index (χ4n) is 4.65. The van der Waals surface area contributed by atoms with E-state index in [0.717, 1.165) is 19.4 Å². The van der Waals surface area contributed by atoms with Crippen molar-refractivity contribution in [2.24, 2.45) is 5.73 Å². The highest BCUT2D eigenvalue weighted by Gasteiger charge is 2.24. The summed E-state index contributed by atoms with van der Waals surface area (Å²) in [6, 6.07) is 9.69. The molecule has 0 amide bonds. The molecular weight excluding hydrogens is 734 g/mol. The summed E-state index contributed by atoms with van der Waals surface area (Å²) >= 11 is 4.99. The number of hydrogen-bond acceptors (Lipinski definition) is 18. The van der Waals surface area contributed by atoms with Crippen molar-refractivity contribution < 1.29 is 66.3 Å². The minimum Gasteiger partial charge on any atom is -0.488 e. The van der Waals surface area contributed by atoms with E-state index in [1.165, 1.54) is 30.2 Å². The maximum atomic E-state index is 12.8. The van der Waals surface area contributed by atoms with Gasteiger partial charge in [-0.3, -0.25) is 24.0 Å². The predicted molar refractivity (Wildman–Crippen MR) is 194 cm³/mol. The number of benzene rings is 2. The molecule has 0 aliphatic rings. The van der Waals surface area contributed by atoms with Gasteiger partial charge >= 0.3 is 35.5 Å². The van der Waals surface area contributed by atoms with Crippen LogP contribution in [0.15, 0.2) is 45.6 Å². The second kappa shape index (κ2) is 20.9. The van der Waals surface area contributed by atoms with Gasteiger partial charge in [0.05, 0.1) is 16.9 Å². The molecule has 0 bridgehead atoms. The molecule has 0 spiro atoms. The summed E-state index contributed by atoms with van der Waals surface area (Å²) in [4.78, 5) is 75.8. The highest BCUT2D eigenvalue weighted by atomic mass is 32.1. The molecule has 0 atom stereocenters. The van der Waals surface area contributed by atoms with Crippen LogP contribution in [0.4, 0.5) is 11.4 Å². The van der Waals surface area contributed by atoms with Crippen LogP contribution < -0.4 is 30.6 Å². The quantitative estimate of drug-likeness (QED) is 0.0409. The van der Waals surface area contributed by atoms with Crippen LogP contribution in [0.5, 0.6) is 11.5 Å². The molecule has 3 aromatic rings. The Balaban J connectivity index is 1.96. The van der Waals surface area contributed by atoms with Gasteiger partial charge < -0.3 is 57.8 Å². The smallest absolute Gasteiger partial charge is 0.346 e. The summed E-state index contributed by atoms with van der Waals surface area (Å²) in [6.07, 6.45) is 0. The third kappa shape index (κ3) is 13.2. The highest BCUT2D eigenvalue weighted by Crippen LogP contribution is 2.34. The first-order valence-electron chi connectivity index (χ1n) is 16.2. The van der Waals surface area contributed by atoms with Gasteiger partial charge in [0.15, 0.2) is 6.79 Å². The zero-order valence-corrected chi connectivity index (χ0v) is 31.1. The van der Waals surface area contributed by atoms with Crippen LogP contribution in [0, 0.1) is 6.92 Å². The van der Waals surface area contributed by atoms with Crippen LogP contribution in [0.2, 0.25) is 0 Å². The molecule has 292 valence electrons. The van der Waals surface area contributed by atoms with Crippen molar-refractivity contribution in [3.05, 3.63) is 57.9 Å². The van der Waals surface area contributed by atoms with Crippen LogP contribution >= 0.6 is 12.2 Å². The molecule has 54 heavy (non-hydrogen) atoms. The number of aryl methyl sites for hydroxylation is 1. The standard InChI is InChI=1S/C35H41N3O15S/c1-6-37(15-31(41)50-18-45-5)26-8-7-21(2)11-29(26)46-9-10-47-30-13-24-12-25(34(36)54)35(44)53-28(24)14-27(30)38(16-32(42)51-19-48-22(3)39)17-33(43)52-20-49-23(4)40/h7-8,11-14H,6,9-10,15-20H2,1-5H3,(H2,36,54). The zero-order chi connectivity index (χ0) is 39.8. The number of fused-ring (bicyclic) bond motifs is 1. The highest BCUT2D eigenvalue weighted by molar-refractivity contribution is 7.80. The molecular formula is C35H41N3O15S. The molecule has 0 fully saturated rings. The van der Waals surface area contributed by atoms with Crippen LogP contribution in [0.1, 0.15) is 31.9 Å². The van der Waals surface area contributed by atoms with Crippen LogP contribution in [-0.2, 0) is 52.4 Å². The van der Waals surface area contributed by atoms with Gasteiger partial charge in [-0.15, -0.1) is 0 Å². The number of nitrogens with two attached hydrogens (primary N) is 1.